The molecule has 0 bridgehead atoms. The lowest BCUT2D eigenvalue weighted by Gasteiger charge is -2.24. The quantitative estimate of drug-likeness (QED) is 0.819. The summed E-state index contributed by atoms with van der Waals surface area (Å²) in [4.78, 5) is 6.35. The van der Waals surface area contributed by atoms with Gasteiger partial charge in [-0.1, -0.05) is 18.3 Å². The highest BCUT2D eigenvalue weighted by atomic mass is 79.9. The monoisotopic (exact) mass is 367 g/mol. The fraction of sp³-hybridized carbons (Fsp3) is 0.200. The van der Waals surface area contributed by atoms with Crippen LogP contribution in [-0.2, 0) is 6.54 Å². The van der Waals surface area contributed by atoms with E-state index in [9.17, 15) is 4.39 Å². The van der Waals surface area contributed by atoms with Crippen LogP contribution in [0.15, 0.2) is 41.0 Å². The van der Waals surface area contributed by atoms with E-state index in [1.54, 1.807) is 18.3 Å². The van der Waals surface area contributed by atoms with E-state index in [4.69, 9.17) is 18.0 Å². The molecule has 0 spiro atoms. The lowest BCUT2D eigenvalue weighted by Crippen LogP contribution is -2.24. The van der Waals surface area contributed by atoms with Crippen LogP contribution < -0.4 is 10.6 Å². The number of thiocarbonyl (C=S) groups is 1. The van der Waals surface area contributed by atoms with Crippen LogP contribution in [-0.4, -0.2) is 16.5 Å². The van der Waals surface area contributed by atoms with Crippen molar-refractivity contribution in [1.29, 1.82) is 0 Å². The average Bonchev–Trinajstić information content (AvgIpc) is 2.48. The van der Waals surface area contributed by atoms with E-state index in [0.717, 1.165) is 5.69 Å². The SMILES string of the molecule is CCN(Cc1ccccn1)c1ccc(C(N)=S)c(Br)c1F. The second-order valence-corrected chi connectivity index (χ2v) is 5.69. The van der Waals surface area contributed by atoms with Gasteiger partial charge in [-0.3, -0.25) is 4.98 Å². The second-order valence-electron chi connectivity index (χ2n) is 4.46. The summed E-state index contributed by atoms with van der Waals surface area (Å²) in [5, 5.41) is 0. The number of benzene rings is 1. The number of nitrogens with two attached hydrogens (primary N) is 1. The van der Waals surface area contributed by atoms with Crippen molar-refractivity contribution < 1.29 is 4.39 Å². The first-order valence-corrected chi connectivity index (χ1v) is 7.67. The molecule has 0 atom stereocenters. The van der Waals surface area contributed by atoms with Crippen molar-refractivity contribution >= 4 is 38.8 Å². The van der Waals surface area contributed by atoms with Gasteiger partial charge in [0.2, 0.25) is 0 Å². The van der Waals surface area contributed by atoms with Crippen molar-refractivity contribution in [2.75, 3.05) is 11.4 Å². The molecule has 0 aliphatic heterocycles. The van der Waals surface area contributed by atoms with Crippen molar-refractivity contribution in [3.05, 3.63) is 58.1 Å². The van der Waals surface area contributed by atoms with Gasteiger partial charge in [0.15, 0.2) is 5.82 Å². The molecule has 21 heavy (non-hydrogen) atoms. The second kappa shape index (κ2) is 6.95. The first-order chi connectivity index (χ1) is 10.0. The van der Waals surface area contributed by atoms with Crippen LogP contribution >= 0.6 is 28.1 Å². The predicted octanol–water partition coefficient (Wildman–Crippen LogP) is 3.64. The molecule has 0 saturated heterocycles. The number of hydrogen-bond acceptors (Lipinski definition) is 3. The minimum atomic E-state index is -0.363. The van der Waals surface area contributed by atoms with Gasteiger partial charge in [0.1, 0.15) is 4.99 Å². The Morgan fingerprint density at radius 3 is 2.71 bits per heavy atom. The fourth-order valence-electron chi connectivity index (χ4n) is 2.03. The molecule has 0 aliphatic rings. The number of nitrogens with zero attached hydrogens (tertiary/aromatic N) is 2. The molecule has 0 saturated carbocycles. The molecule has 1 aromatic heterocycles. The van der Waals surface area contributed by atoms with E-state index >= 15 is 0 Å². The van der Waals surface area contributed by atoms with Gasteiger partial charge >= 0.3 is 0 Å². The van der Waals surface area contributed by atoms with Crippen LogP contribution in [0.25, 0.3) is 0 Å². The van der Waals surface area contributed by atoms with Crippen molar-refractivity contribution in [3.8, 4) is 0 Å². The number of anilines is 1. The summed E-state index contributed by atoms with van der Waals surface area (Å²) in [6, 6.07) is 9.11. The molecule has 2 aromatic rings. The Balaban J connectivity index is 2.35. The van der Waals surface area contributed by atoms with Gasteiger partial charge in [-0.15, -0.1) is 0 Å². The number of rotatable bonds is 5. The molecule has 0 amide bonds. The van der Waals surface area contributed by atoms with Gasteiger partial charge in [-0.05, 0) is 47.1 Å². The zero-order valence-corrected chi connectivity index (χ0v) is 13.9. The standard InChI is InChI=1S/C15H15BrFN3S/c1-2-20(9-10-5-3-4-8-19-10)12-7-6-11(15(18)21)13(16)14(12)17/h3-8H,2,9H2,1H3,(H2,18,21). The highest BCUT2D eigenvalue weighted by Gasteiger charge is 2.17. The maximum atomic E-state index is 14.5. The van der Waals surface area contributed by atoms with Crippen LogP contribution in [0.4, 0.5) is 10.1 Å². The highest BCUT2D eigenvalue weighted by Crippen LogP contribution is 2.30. The van der Waals surface area contributed by atoms with Crippen molar-refractivity contribution in [2.45, 2.75) is 13.5 Å². The summed E-state index contributed by atoms with van der Waals surface area (Å²) < 4.78 is 14.8. The normalized spacial score (nSPS) is 10.4. The number of aromatic nitrogens is 1. The van der Waals surface area contributed by atoms with Crippen molar-refractivity contribution in [2.24, 2.45) is 5.73 Å². The minimum absolute atomic E-state index is 0.167. The summed E-state index contributed by atoms with van der Waals surface area (Å²) >= 11 is 8.14. The van der Waals surface area contributed by atoms with Crippen LogP contribution in [0.5, 0.6) is 0 Å². The Labute approximate surface area is 137 Å². The molecule has 0 unspecified atom stereocenters. The Morgan fingerprint density at radius 1 is 1.38 bits per heavy atom. The van der Waals surface area contributed by atoms with Crippen LogP contribution in [0.2, 0.25) is 0 Å². The van der Waals surface area contributed by atoms with Crippen LogP contribution in [0.3, 0.4) is 0 Å². The van der Waals surface area contributed by atoms with E-state index < -0.39 is 0 Å². The van der Waals surface area contributed by atoms with Crippen molar-refractivity contribution in [3.63, 3.8) is 0 Å². The van der Waals surface area contributed by atoms with Gasteiger partial charge in [-0.25, -0.2) is 4.39 Å². The number of hydrogen-bond donors (Lipinski definition) is 1. The van der Waals surface area contributed by atoms with Gasteiger partial charge in [0.05, 0.1) is 22.4 Å². The summed E-state index contributed by atoms with van der Waals surface area (Å²) in [6.45, 7) is 3.16. The van der Waals surface area contributed by atoms with E-state index in [1.807, 2.05) is 30.0 Å². The molecular weight excluding hydrogens is 353 g/mol. The van der Waals surface area contributed by atoms with E-state index in [1.165, 1.54) is 0 Å². The summed E-state index contributed by atoms with van der Waals surface area (Å²) in [7, 11) is 0. The molecule has 3 nitrogen and oxygen atoms in total. The zero-order chi connectivity index (χ0) is 15.4. The van der Waals surface area contributed by atoms with Gasteiger partial charge in [-0.2, -0.15) is 0 Å². The summed E-state index contributed by atoms with van der Waals surface area (Å²) in [5.74, 6) is -0.363. The first kappa shape index (κ1) is 15.9. The molecule has 2 N–H and O–H groups in total. The lowest BCUT2D eigenvalue weighted by molar-refractivity contribution is 0.610. The summed E-state index contributed by atoms with van der Waals surface area (Å²) in [5.41, 5.74) is 7.46. The molecule has 1 aromatic carbocycles. The van der Waals surface area contributed by atoms with Crippen LogP contribution in [0, 0.1) is 5.82 Å². The first-order valence-electron chi connectivity index (χ1n) is 6.47. The predicted molar refractivity (Wildman–Crippen MR) is 90.9 cm³/mol. The molecule has 110 valence electrons. The average molecular weight is 368 g/mol. The highest BCUT2D eigenvalue weighted by molar-refractivity contribution is 9.10. The molecule has 1 heterocycles. The molecule has 0 fully saturated rings. The zero-order valence-electron chi connectivity index (χ0n) is 11.5. The Kier molecular flexibility index (Phi) is 5.25. The smallest absolute Gasteiger partial charge is 0.161 e. The topological polar surface area (TPSA) is 42.2 Å². The van der Waals surface area contributed by atoms with E-state index in [0.29, 0.717) is 28.8 Å². The minimum Gasteiger partial charge on any atom is -0.389 e. The largest absolute Gasteiger partial charge is 0.389 e. The van der Waals surface area contributed by atoms with Gasteiger partial charge in [0, 0.05) is 18.3 Å². The van der Waals surface area contributed by atoms with Crippen LogP contribution in [0.1, 0.15) is 18.2 Å². The third kappa shape index (κ3) is 3.57. The van der Waals surface area contributed by atoms with E-state index in [2.05, 4.69) is 20.9 Å². The van der Waals surface area contributed by atoms with Gasteiger partial charge < -0.3 is 10.6 Å². The molecule has 2 rings (SSSR count). The molecule has 0 aliphatic carbocycles. The third-order valence-electron chi connectivity index (χ3n) is 3.13. The molecular formula is C15H15BrFN3S. The molecule has 6 heteroatoms. The van der Waals surface area contributed by atoms with Gasteiger partial charge in [0.25, 0.3) is 0 Å². The molecule has 0 radical (unpaired) electrons. The van der Waals surface area contributed by atoms with E-state index in [-0.39, 0.29) is 10.8 Å². The number of halogens is 2. The maximum Gasteiger partial charge on any atom is 0.161 e. The fourth-order valence-corrected chi connectivity index (χ4v) is 2.88. The third-order valence-corrected chi connectivity index (χ3v) is 4.12. The summed E-state index contributed by atoms with van der Waals surface area (Å²) in [6.07, 6.45) is 1.73. The Bertz CT molecular complexity index is 649. The number of pyridine rings is 1. The lowest BCUT2D eigenvalue weighted by atomic mass is 10.1. The maximum absolute atomic E-state index is 14.5. The van der Waals surface area contributed by atoms with Crippen molar-refractivity contribution in [1.82, 2.24) is 4.98 Å². The Hall–Kier alpha value is -1.53. The Morgan fingerprint density at radius 2 is 2.14 bits per heavy atom.